The molecule has 0 amide bonds. The maximum absolute atomic E-state index is 11.1. The van der Waals surface area contributed by atoms with Crippen molar-refractivity contribution >= 4 is 5.97 Å². The molecule has 0 bridgehead atoms. The van der Waals surface area contributed by atoms with E-state index >= 15 is 0 Å². The van der Waals surface area contributed by atoms with Crippen LogP contribution >= 0.6 is 0 Å². The van der Waals surface area contributed by atoms with E-state index in [1.165, 1.54) is 4.68 Å². The molecule has 1 aromatic heterocycles. The van der Waals surface area contributed by atoms with E-state index in [1.807, 2.05) is 25.1 Å². The van der Waals surface area contributed by atoms with E-state index < -0.39 is 5.97 Å². The molecule has 0 unspecified atom stereocenters. The number of nitrogens with zero attached hydrogens (tertiary/aromatic N) is 3. The highest BCUT2D eigenvalue weighted by Crippen LogP contribution is 2.14. The highest BCUT2D eigenvalue weighted by atomic mass is 16.5. The van der Waals surface area contributed by atoms with Crippen LogP contribution < -0.4 is 4.74 Å². The van der Waals surface area contributed by atoms with Crippen LogP contribution in [0.25, 0.3) is 0 Å². The number of carbonyl (C=O) groups is 1. The number of carboxylic acid groups (broad SMARTS) is 1. The van der Waals surface area contributed by atoms with Gasteiger partial charge in [-0.25, -0.2) is 9.48 Å². The number of ether oxygens (including phenoxy) is 1. The molecule has 1 aromatic carbocycles. The van der Waals surface area contributed by atoms with Crippen LogP contribution in [0.5, 0.6) is 5.75 Å². The van der Waals surface area contributed by atoms with Gasteiger partial charge >= 0.3 is 5.97 Å². The van der Waals surface area contributed by atoms with E-state index in [0.717, 1.165) is 5.57 Å². The van der Waals surface area contributed by atoms with Crippen molar-refractivity contribution in [3.05, 3.63) is 53.9 Å². The summed E-state index contributed by atoms with van der Waals surface area (Å²) in [4.78, 5) is 11.1. The molecule has 0 atom stereocenters. The van der Waals surface area contributed by atoms with Crippen LogP contribution in [0, 0.1) is 0 Å². The van der Waals surface area contributed by atoms with Crippen molar-refractivity contribution < 1.29 is 14.6 Å². The number of hydrogen-bond donors (Lipinski definition) is 1. The van der Waals surface area contributed by atoms with Crippen LogP contribution in [0.3, 0.4) is 0 Å². The van der Waals surface area contributed by atoms with Gasteiger partial charge in [0.15, 0.2) is 5.69 Å². The number of allylic oxidation sites excluding steroid dienone is 1. The van der Waals surface area contributed by atoms with E-state index in [-0.39, 0.29) is 12.3 Å². The van der Waals surface area contributed by atoms with Gasteiger partial charge in [-0.3, -0.25) is 0 Å². The van der Waals surface area contributed by atoms with Gasteiger partial charge in [0.05, 0.1) is 6.54 Å². The summed E-state index contributed by atoms with van der Waals surface area (Å²) in [5, 5.41) is 16.6. The van der Waals surface area contributed by atoms with Crippen LogP contribution in [0.2, 0.25) is 0 Å². The smallest absolute Gasteiger partial charge is 0.358 e. The minimum absolute atomic E-state index is 0.0892. The van der Waals surface area contributed by atoms with Gasteiger partial charge in [-0.05, 0) is 19.1 Å². The Morgan fingerprint density at radius 1 is 1.40 bits per heavy atom. The van der Waals surface area contributed by atoms with Crippen molar-refractivity contribution in [2.75, 3.05) is 0 Å². The number of hydrogen-bond acceptors (Lipinski definition) is 4. The van der Waals surface area contributed by atoms with E-state index in [0.29, 0.717) is 18.0 Å². The van der Waals surface area contributed by atoms with Crippen molar-refractivity contribution in [2.24, 2.45) is 0 Å². The lowest BCUT2D eigenvalue weighted by molar-refractivity contribution is 0.0687. The Morgan fingerprint density at radius 2 is 2.10 bits per heavy atom. The first-order valence-corrected chi connectivity index (χ1v) is 6.06. The van der Waals surface area contributed by atoms with E-state index in [2.05, 4.69) is 16.9 Å². The Labute approximate surface area is 116 Å². The summed E-state index contributed by atoms with van der Waals surface area (Å²) in [5.74, 6) is -0.462. The molecular weight excluding hydrogens is 258 g/mol. The highest BCUT2D eigenvalue weighted by molar-refractivity contribution is 5.86. The summed E-state index contributed by atoms with van der Waals surface area (Å²) in [7, 11) is 0. The zero-order chi connectivity index (χ0) is 14.5. The predicted octanol–water partition coefficient (Wildman–Crippen LogP) is 2.13. The molecule has 0 aliphatic heterocycles. The Kier molecular flexibility index (Phi) is 4.14. The molecule has 104 valence electrons. The van der Waals surface area contributed by atoms with Gasteiger partial charge in [-0.2, -0.15) is 0 Å². The van der Waals surface area contributed by atoms with Gasteiger partial charge in [-0.15, -0.1) is 5.10 Å². The lowest BCUT2D eigenvalue weighted by Gasteiger charge is -2.09. The molecule has 2 rings (SSSR count). The molecule has 0 radical (unpaired) electrons. The number of aromatic nitrogens is 3. The van der Waals surface area contributed by atoms with Gasteiger partial charge < -0.3 is 9.84 Å². The summed E-state index contributed by atoms with van der Waals surface area (Å²) in [6, 6.07) is 9.16. The van der Waals surface area contributed by atoms with Gasteiger partial charge in [0, 0.05) is 0 Å². The average Bonchev–Trinajstić information content (AvgIpc) is 2.80. The lowest BCUT2D eigenvalue weighted by Crippen LogP contribution is -2.12. The van der Waals surface area contributed by atoms with Crippen LogP contribution in [-0.4, -0.2) is 26.1 Å². The van der Waals surface area contributed by atoms with Crippen LogP contribution in [0.1, 0.15) is 23.1 Å². The number of benzene rings is 1. The SMILES string of the molecule is C=C(C)Cn1nnc(C(=O)O)c1COc1ccccc1. The molecule has 0 saturated carbocycles. The quantitative estimate of drug-likeness (QED) is 0.816. The predicted molar refractivity (Wildman–Crippen MR) is 72.6 cm³/mol. The fraction of sp³-hybridized carbons (Fsp3) is 0.214. The molecule has 1 N–H and O–H groups in total. The summed E-state index contributed by atoms with van der Waals surface area (Å²) in [6.07, 6.45) is 0. The fourth-order valence-electron chi connectivity index (χ4n) is 1.69. The van der Waals surface area contributed by atoms with Gasteiger partial charge in [-0.1, -0.05) is 35.6 Å². The summed E-state index contributed by atoms with van der Waals surface area (Å²) in [6.45, 7) is 6.12. The monoisotopic (exact) mass is 273 g/mol. The van der Waals surface area contributed by atoms with Crippen molar-refractivity contribution in [1.29, 1.82) is 0 Å². The van der Waals surface area contributed by atoms with Crippen molar-refractivity contribution in [1.82, 2.24) is 15.0 Å². The zero-order valence-electron chi connectivity index (χ0n) is 11.1. The first-order chi connectivity index (χ1) is 9.58. The van der Waals surface area contributed by atoms with Crippen LogP contribution in [0.4, 0.5) is 0 Å². The second-order valence-electron chi connectivity index (χ2n) is 4.41. The Bertz CT molecular complexity index is 620. The number of rotatable bonds is 6. The lowest BCUT2D eigenvalue weighted by atomic mass is 10.3. The maximum atomic E-state index is 11.1. The molecule has 0 aliphatic rings. The molecule has 0 aliphatic carbocycles. The van der Waals surface area contributed by atoms with Gasteiger partial charge in [0.1, 0.15) is 18.1 Å². The Hall–Kier alpha value is -2.63. The van der Waals surface area contributed by atoms with E-state index in [1.54, 1.807) is 12.1 Å². The van der Waals surface area contributed by atoms with Crippen LogP contribution in [0.15, 0.2) is 42.5 Å². The molecule has 1 heterocycles. The molecule has 2 aromatic rings. The topological polar surface area (TPSA) is 77.2 Å². The molecule has 0 saturated heterocycles. The molecule has 6 heteroatoms. The van der Waals surface area contributed by atoms with Gasteiger partial charge in [0.2, 0.25) is 0 Å². The largest absolute Gasteiger partial charge is 0.487 e. The zero-order valence-corrected chi connectivity index (χ0v) is 11.1. The third-order valence-electron chi connectivity index (χ3n) is 2.58. The molecule has 0 fully saturated rings. The average molecular weight is 273 g/mol. The number of aromatic carboxylic acids is 1. The van der Waals surface area contributed by atoms with E-state index in [4.69, 9.17) is 9.84 Å². The van der Waals surface area contributed by atoms with Crippen molar-refractivity contribution in [3.63, 3.8) is 0 Å². The van der Waals surface area contributed by atoms with Crippen LogP contribution in [-0.2, 0) is 13.2 Å². The first kappa shape index (κ1) is 13.8. The second kappa shape index (κ2) is 6.01. The Balaban J connectivity index is 2.21. The first-order valence-electron chi connectivity index (χ1n) is 6.06. The minimum Gasteiger partial charge on any atom is -0.487 e. The molecule has 0 spiro atoms. The standard InChI is InChI=1S/C14H15N3O3/c1-10(2)8-17-12(13(14(18)19)15-16-17)9-20-11-6-4-3-5-7-11/h3-7H,1,8-9H2,2H3,(H,18,19). The molecule has 20 heavy (non-hydrogen) atoms. The maximum Gasteiger partial charge on any atom is 0.358 e. The van der Waals surface area contributed by atoms with Crippen molar-refractivity contribution in [2.45, 2.75) is 20.1 Å². The molecular formula is C14H15N3O3. The minimum atomic E-state index is -1.12. The summed E-state index contributed by atoms with van der Waals surface area (Å²) >= 11 is 0. The van der Waals surface area contributed by atoms with E-state index in [9.17, 15) is 4.79 Å². The molecule has 6 nitrogen and oxygen atoms in total. The fourth-order valence-corrected chi connectivity index (χ4v) is 1.69. The van der Waals surface area contributed by atoms with Crippen molar-refractivity contribution in [3.8, 4) is 5.75 Å². The second-order valence-corrected chi connectivity index (χ2v) is 4.41. The third kappa shape index (κ3) is 3.23. The highest BCUT2D eigenvalue weighted by Gasteiger charge is 2.19. The van der Waals surface area contributed by atoms with Gasteiger partial charge in [0.25, 0.3) is 0 Å². The number of para-hydroxylation sites is 1. The summed E-state index contributed by atoms with van der Waals surface area (Å²) < 4.78 is 7.06. The number of carboxylic acids is 1. The normalized spacial score (nSPS) is 10.2. The summed E-state index contributed by atoms with van der Waals surface area (Å²) in [5.41, 5.74) is 1.18. The Morgan fingerprint density at radius 3 is 2.70 bits per heavy atom. The third-order valence-corrected chi connectivity index (χ3v) is 2.58.